The first kappa shape index (κ1) is 17.7. The number of para-hydroxylation sites is 1. The van der Waals surface area contributed by atoms with Crippen LogP contribution in [0.15, 0.2) is 48.5 Å². The Balaban J connectivity index is 1.50. The number of likely N-dealkylation sites (tertiary alicyclic amines) is 1. The van der Waals surface area contributed by atoms with Gasteiger partial charge in [-0.15, -0.1) is 0 Å². The minimum atomic E-state index is -0.361. The molecule has 2 aromatic rings. The van der Waals surface area contributed by atoms with Crippen LogP contribution in [0.1, 0.15) is 35.7 Å². The topological polar surface area (TPSA) is 40.6 Å². The maximum absolute atomic E-state index is 13.3. The number of hydrogen-bond acceptors (Lipinski definition) is 2. The van der Waals surface area contributed by atoms with Crippen molar-refractivity contribution in [3.8, 4) is 0 Å². The highest BCUT2D eigenvalue weighted by Crippen LogP contribution is 2.34. The van der Waals surface area contributed by atoms with Gasteiger partial charge in [0.15, 0.2) is 0 Å². The number of carbonyl (C=O) groups excluding carboxylic acids is 2. The summed E-state index contributed by atoms with van der Waals surface area (Å²) in [4.78, 5) is 29.6. The summed E-state index contributed by atoms with van der Waals surface area (Å²) in [5.74, 6) is -0.594. The Hall–Kier alpha value is -2.69. The largest absolute Gasteiger partial charge is 0.338 e. The zero-order valence-corrected chi connectivity index (χ0v) is 15.4. The quantitative estimate of drug-likeness (QED) is 0.814. The number of rotatable bonds is 2. The molecule has 0 N–H and O–H groups in total. The Morgan fingerprint density at radius 3 is 2.59 bits per heavy atom. The number of hydrogen-bond donors (Lipinski definition) is 0. The molecule has 0 aromatic heterocycles. The molecule has 0 bridgehead atoms. The number of nitrogens with zero attached hydrogens (tertiary/aromatic N) is 2. The molecule has 0 aliphatic carbocycles. The minimum Gasteiger partial charge on any atom is -0.338 e. The van der Waals surface area contributed by atoms with Crippen LogP contribution in [0.5, 0.6) is 0 Å². The van der Waals surface area contributed by atoms with E-state index in [4.69, 9.17) is 0 Å². The summed E-state index contributed by atoms with van der Waals surface area (Å²) in [6.07, 6.45) is 2.46. The zero-order valence-electron chi connectivity index (χ0n) is 15.4. The standard InChI is InChI=1S/C22H23FN2O2/c1-15-13-17-5-2-3-7-20(17)25(15)22(27)18-6-4-12-24(14-18)21(26)16-8-10-19(23)11-9-16/h2-3,5,7-11,15,18H,4,6,12-14H2,1H3. The lowest BCUT2D eigenvalue weighted by Crippen LogP contribution is -2.48. The van der Waals surface area contributed by atoms with Gasteiger partial charge in [-0.2, -0.15) is 0 Å². The van der Waals surface area contributed by atoms with E-state index in [2.05, 4.69) is 13.0 Å². The molecule has 2 atom stereocenters. The van der Waals surface area contributed by atoms with E-state index in [1.54, 1.807) is 4.90 Å². The average Bonchev–Trinajstić information content (AvgIpc) is 3.03. The number of carbonyl (C=O) groups is 2. The first-order valence-electron chi connectivity index (χ1n) is 9.50. The van der Waals surface area contributed by atoms with Crippen molar-refractivity contribution in [2.45, 2.75) is 32.2 Å². The molecule has 5 heteroatoms. The lowest BCUT2D eigenvalue weighted by atomic mass is 9.95. The molecule has 2 aliphatic heterocycles. The lowest BCUT2D eigenvalue weighted by molar-refractivity contribution is -0.124. The van der Waals surface area contributed by atoms with Crippen molar-refractivity contribution in [1.82, 2.24) is 4.90 Å². The molecule has 0 saturated carbocycles. The third-order valence-electron chi connectivity index (χ3n) is 5.59. The van der Waals surface area contributed by atoms with Gasteiger partial charge in [-0.05, 0) is 62.1 Å². The monoisotopic (exact) mass is 366 g/mol. The molecular weight excluding hydrogens is 343 g/mol. The van der Waals surface area contributed by atoms with E-state index >= 15 is 0 Å². The van der Waals surface area contributed by atoms with Crippen LogP contribution in [0.2, 0.25) is 0 Å². The summed E-state index contributed by atoms with van der Waals surface area (Å²) in [5.41, 5.74) is 2.66. The van der Waals surface area contributed by atoms with Gasteiger partial charge < -0.3 is 9.80 Å². The Bertz CT molecular complexity index is 865. The SMILES string of the molecule is CC1Cc2ccccc2N1C(=O)C1CCCN(C(=O)c2ccc(F)cc2)C1. The number of halogens is 1. The van der Waals surface area contributed by atoms with Crippen molar-refractivity contribution in [1.29, 1.82) is 0 Å². The van der Waals surface area contributed by atoms with Gasteiger partial charge in [-0.3, -0.25) is 9.59 Å². The molecule has 140 valence electrons. The van der Waals surface area contributed by atoms with Crippen molar-refractivity contribution in [2.24, 2.45) is 5.92 Å². The number of benzene rings is 2. The van der Waals surface area contributed by atoms with Gasteiger partial charge in [-0.25, -0.2) is 4.39 Å². The van der Waals surface area contributed by atoms with Gasteiger partial charge in [0.2, 0.25) is 5.91 Å². The van der Waals surface area contributed by atoms with E-state index in [-0.39, 0.29) is 29.6 Å². The fraction of sp³-hybridized carbons (Fsp3) is 0.364. The summed E-state index contributed by atoms with van der Waals surface area (Å²) in [6, 6.07) is 13.8. The second kappa shape index (κ2) is 7.14. The maximum Gasteiger partial charge on any atom is 0.253 e. The predicted octanol–water partition coefficient (Wildman–Crippen LogP) is 3.66. The predicted molar refractivity (Wildman–Crippen MR) is 102 cm³/mol. The van der Waals surface area contributed by atoms with Gasteiger partial charge in [0.1, 0.15) is 5.82 Å². The third-order valence-corrected chi connectivity index (χ3v) is 5.59. The van der Waals surface area contributed by atoms with E-state index in [1.807, 2.05) is 23.1 Å². The van der Waals surface area contributed by atoms with E-state index in [9.17, 15) is 14.0 Å². The fourth-order valence-electron chi connectivity index (χ4n) is 4.24. The zero-order chi connectivity index (χ0) is 19.0. The highest BCUT2D eigenvalue weighted by molar-refractivity contribution is 5.99. The highest BCUT2D eigenvalue weighted by Gasteiger charge is 2.37. The second-order valence-electron chi connectivity index (χ2n) is 7.49. The molecule has 2 unspecified atom stereocenters. The normalized spacial score (nSPS) is 21.9. The Labute approximate surface area is 158 Å². The first-order valence-corrected chi connectivity index (χ1v) is 9.50. The van der Waals surface area contributed by atoms with E-state index in [1.165, 1.54) is 29.8 Å². The van der Waals surface area contributed by atoms with Crippen LogP contribution in [0.25, 0.3) is 0 Å². The van der Waals surface area contributed by atoms with E-state index in [0.717, 1.165) is 24.9 Å². The van der Waals surface area contributed by atoms with Crippen molar-refractivity contribution < 1.29 is 14.0 Å². The van der Waals surface area contributed by atoms with Crippen molar-refractivity contribution in [3.05, 3.63) is 65.5 Å². The van der Waals surface area contributed by atoms with Crippen molar-refractivity contribution >= 4 is 17.5 Å². The Morgan fingerprint density at radius 1 is 1.07 bits per heavy atom. The van der Waals surface area contributed by atoms with Crippen LogP contribution in [-0.2, 0) is 11.2 Å². The van der Waals surface area contributed by atoms with Crippen LogP contribution < -0.4 is 4.90 Å². The number of anilines is 1. The summed E-state index contributed by atoms with van der Waals surface area (Å²) >= 11 is 0. The third kappa shape index (κ3) is 3.34. The molecule has 2 aromatic carbocycles. The van der Waals surface area contributed by atoms with Crippen molar-refractivity contribution in [3.63, 3.8) is 0 Å². The maximum atomic E-state index is 13.3. The molecule has 2 heterocycles. The molecule has 27 heavy (non-hydrogen) atoms. The van der Waals surface area contributed by atoms with Crippen LogP contribution >= 0.6 is 0 Å². The number of amides is 2. The van der Waals surface area contributed by atoms with Crippen molar-refractivity contribution in [2.75, 3.05) is 18.0 Å². The molecule has 4 rings (SSSR count). The smallest absolute Gasteiger partial charge is 0.253 e. The van der Waals surface area contributed by atoms with Gasteiger partial charge in [0.25, 0.3) is 5.91 Å². The van der Waals surface area contributed by atoms with Crippen LogP contribution in [-0.4, -0.2) is 35.8 Å². The van der Waals surface area contributed by atoms with Crippen LogP contribution in [0.3, 0.4) is 0 Å². The molecule has 1 saturated heterocycles. The van der Waals surface area contributed by atoms with Crippen LogP contribution in [0.4, 0.5) is 10.1 Å². The van der Waals surface area contributed by atoms with E-state index in [0.29, 0.717) is 18.7 Å². The Kier molecular flexibility index (Phi) is 4.68. The summed E-state index contributed by atoms with van der Waals surface area (Å²) < 4.78 is 13.1. The second-order valence-corrected chi connectivity index (χ2v) is 7.49. The lowest BCUT2D eigenvalue weighted by Gasteiger charge is -2.35. The summed E-state index contributed by atoms with van der Waals surface area (Å²) in [5, 5.41) is 0. The van der Waals surface area contributed by atoms with Crippen LogP contribution in [0, 0.1) is 11.7 Å². The molecule has 0 radical (unpaired) electrons. The molecule has 2 amide bonds. The highest BCUT2D eigenvalue weighted by atomic mass is 19.1. The molecule has 0 spiro atoms. The summed E-state index contributed by atoms with van der Waals surface area (Å²) in [7, 11) is 0. The number of piperidine rings is 1. The molecule has 4 nitrogen and oxygen atoms in total. The summed E-state index contributed by atoms with van der Waals surface area (Å²) in [6.45, 7) is 3.12. The average molecular weight is 366 g/mol. The van der Waals surface area contributed by atoms with Gasteiger partial charge in [0, 0.05) is 30.4 Å². The Morgan fingerprint density at radius 2 is 1.81 bits per heavy atom. The molecular formula is C22H23FN2O2. The van der Waals surface area contributed by atoms with E-state index < -0.39 is 0 Å². The van der Waals surface area contributed by atoms with Gasteiger partial charge >= 0.3 is 0 Å². The first-order chi connectivity index (χ1) is 13.0. The molecule has 1 fully saturated rings. The minimum absolute atomic E-state index is 0.101. The fourth-order valence-corrected chi connectivity index (χ4v) is 4.24. The van der Waals surface area contributed by atoms with Gasteiger partial charge in [-0.1, -0.05) is 18.2 Å². The van der Waals surface area contributed by atoms with Gasteiger partial charge in [0.05, 0.1) is 5.92 Å². The number of fused-ring (bicyclic) bond motifs is 1. The molecule has 2 aliphatic rings.